The largest absolute Gasteiger partial charge is 0.390 e. The number of aryl methyl sites for hydroxylation is 1. The van der Waals surface area contributed by atoms with Gasteiger partial charge in [0.2, 0.25) is 0 Å². The highest BCUT2D eigenvalue weighted by molar-refractivity contribution is 7.91. The monoisotopic (exact) mass is 340 g/mol. The lowest BCUT2D eigenvalue weighted by Gasteiger charge is -2.28. The maximum atomic E-state index is 12.6. The average Bonchev–Trinajstić information content (AvgIpc) is 2.79. The van der Waals surface area contributed by atoms with Gasteiger partial charge in [0, 0.05) is 12.7 Å². The zero-order chi connectivity index (χ0) is 17.0. The summed E-state index contributed by atoms with van der Waals surface area (Å²) in [5, 5.41) is 9.97. The highest BCUT2D eigenvalue weighted by atomic mass is 32.2. The molecule has 1 fully saturated rings. The van der Waals surface area contributed by atoms with E-state index in [1.807, 2.05) is 6.07 Å². The summed E-state index contributed by atoms with van der Waals surface area (Å²) in [6, 6.07) is 2.86. The van der Waals surface area contributed by atoms with Gasteiger partial charge in [-0.1, -0.05) is 19.4 Å². The van der Waals surface area contributed by atoms with Crippen LogP contribution < -0.4 is 0 Å². The number of hydrogen-bond donors (Lipinski definition) is 1. The van der Waals surface area contributed by atoms with E-state index in [4.69, 9.17) is 0 Å². The number of hydrogen-bond acceptors (Lipinski definition) is 5. The van der Waals surface area contributed by atoms with Crippen LogP contribution in [0.1, 0.15) is 42.7 Å². The third-order valence-electron chi connectivity index (χ3n) is 4.16. The molecule has 2 atom stereocenters. The quantitative estimate of drug-likeness (QED) is 0.836. The lowest BCUT2D eigenvalue weighted by molar-refractivity contribution is 0.0515. The first-order valence-corrected chi connectivity index (χ1v) is 9.84. The molecule has 128 valence electrons. The van der Waals surface area contributed by atoms with Gasteiger partial charge in [-0.2, -0.15) is 0 Å². The standard InChI is InChI=1S/C16H24N2O4S/c1-3-5-6-12-7-8-13(17-9-12)16(20)18(4-2)14-10-23(21,22)11-15(14)19/h7-9,14-15,19H,3-6,10-11H2,1-2H3/t14-,15-/m1/s1. The van der Waals surface area contributed by atoms with Crippen LogP contribution in [0.25, 0.3) is 0 Å². The molecular weight excluding hydrogens is 316 g/mol. The molecular formula is C16H24N2O4S. The maximum absolute atomic E-state index is 12.6. The molecule has 1 saturated heterocycles. The number of sulfone groups is 1. The van der Waals surface area contributed by atoms with Gasteiger partial charge in [-0.25, -0.2) is 8.42 Å². The van der Waals surface area contributed by atoms with E-state index in [9.17, 15) is 18.3 Å². The zero-order valence-electron chi connectivity index (χ0n) is 13.6. The molecule has 1 amide bonds. The topological polar surface area (TPSA) is 87.6 Å². The minimum absolute atomic E-state index is 0.192. The van der Waals surface area contributed by atoms with Crippen molar-refractivity contribution in [3.05, 3.63) is 29.6 Å². The van der Waals surface area contributed by atoms with Crippen molar-refractivity contribution in [2.45, 2.75) is 45.3 Å². The predicted octanol–water partition coefficient (Wildman–Crippen LogP) is 1.04. The van der Waals surface area contributed by atoms with E-state index >= 15 is 0 Å². The Bertz CT molecular complexity index is 643. The van der Waals surface area contributed by atoms with Crippen LogP contribution in [0, 0.1) is 0 Å². The summed E-state index contributed by atoms with van der Waals surface area (Å²) in [7, 11) is -3.30. The minimum atomic E-state index is -3.30. The van der Waals surface area contributed by atoms with Crippen molar-refractivity contribution in [1.82, 2.24) is 9.88 Å². The molecule has 0 aliphatic carbocycles. The van der Waals surface area contributed by atoms with Gasteiger partial charge in [-0.15, -0.1) is 0 Å². The van der Waals surface area contributed by atoms with Gasteiger partial charge >= 0.3 is 0 Å². The molecule has 2 heterocycles. The second-order valence-corrected chi connectivity index (χ2v) is 8.11. The molecule has 1 N–H and O–H groups in total. The second-order valence-electron chi connectivity index (χ2n) is 5.96. The first kappa shape index (κ1) is 17.9. The van der Waals surface area contributed by atoms with E-state index in [1.165, 1.54) is 4.90 Å². The lowest BCUT2D eigenvalue weighted by Crippen LogP contribution is -2.46. The first-order chi connectivity index (χ1) is 10.9. The molecule has 0 bridgehead atoms. The molecule has 2 rings (SSSR count). The Morgan fingerprint density at radius 2 is 2.09 bits per heavy atom. The van der Waals surface area contributed by atoms with Crippen LogP contribution in [0.3, 0.4) is 0 Å². The highest BCUT2D eigenvalue weighted by Crippen LogP contribution is 2.20. The van der Waals surface area contributed by atoms with Gasteiger partial charge in [0.15, 0.2) is 9.84 Å². The summed E-state index contributed by atoms with van der Waals surface area (Å²) in [6.07, 6.45) is 3.75. The van der Waals surface area contributed by atoms with Crippen LogP contribution in [-0.2, 0) is 16.3 Å². The number of nitrogens with zero attached hydrogens (tertiary/aromatic N) is 2. The van der Waals surface area contributed by atoms with Crippen molar-refractivity contribution < 1.29 is 18.3 Å². The molecule has 23 heavy (non-hydrogen) atoms. The SMILES string of the molecule is CCCCc1ccc(C(=O)N(CC)[C@@H]2CS(=O)(=O)C[C@H]2O)nc1. The van der Waals surface area contributed by atoms with Gasteiger partial charge in [-0.3, -0.25) is 9.78 Å². The fourth-order valence-electron chi connectivity index (χ4n) is 2.86. The van der Waals surface area contributed by atoms with Crippen molar-refractivity contribution in [2.75, 3.05) is 18.1 Å². The Labute approximate surface area is 137 Å². The zero-order valence-corrected chi connectivity index (χ0v) is 14.4. The van der Waals surface area contributed by atoms with Gasteiger partial charge in [0.05, 0.1) is 23.7 Å². The molecule has 6 nitrogen and oxygen atoms in total. The van der Waals surface area contributed by atoms with Crippen molar-refractivity contribution in [3.8, 4) is 0 Å². The number of pyridine rings is 1. The molecule has 1 aromatic heterocycles. The number of carbonyl (C=O) groups is 1. The Morgan fingerprint density at radius 1 is 1.35 bits per heavy atom. The van der Waals surface area contributed by atoms with Crippen LogP contribution in [-0.4, -0.2) is 59.5 Å². The number of unbranched alkanes of at least 4 members (excludes halogenated alkanes) is 1. The Hall–Kier alpha value is -1.47. The first-order valence-electron chi connectivity index (χ1n) is 8.02. The van der Waals surface area contributed by atoms with E-state index in [1.54, 1.807) is 19.2 Å². The maximum Gasteiger partial charge on any atom is 0.272 e. The van der Waals surface area contributed by atoms with E-state index in [0.717, 1.165) is 24.8 Å². The fourth-order valence-corrected chi connectivity index (χ4v) is 4.66. The molecule has 7 heteroatoms. The molecule has 1 aliphatic rings. The number of likely N-dealkylation sites (N-methyl/N-ethyl adjacent to an activating group) is 1. The van der Waals surface area contributed by atoms with E-state index in [0.29, 0.717) is 6.54 Å². The molecule has 1 aliphatic heterocycles. The van der Waals surface area contributed by atoms with Crippen LogP contribution in [0.4, 0.5) is 0 Å². The summed E-state index contributed by atoms with van der Waals surface area (Å²) in [4.78, 5) is 18.2. The van der Waals surface area contributed by atoms with E-state index in [-0.39, 0.29) is 23.1 Å². The van der Waals surface area contributed by atoms with Gasteiger partial charge in [0.1, 0.15) is 5.69 Å². The third kappa shape index (κ3) is 4.29. The summed E-state index contributed by atoms with van der Waals surface area (Å²) in [5.41, 5.74) is 1.36. The van der Waals surface area contributed by atoms with E-state index in [2.05, 4.69) is 11.9 Å². The smallest absolute Gasteiger partial charge is 0.272 e. The van der Waals surface area contributed by atoms with Crippen LogP contribution in [0.15, 0.2) is 18.3 Å². The third-order valence-corrected chi connectivity index (χ3v) is 5.86. The predicted molar refractivity (Wildman–Crippen MR) is 88.0 cm³/mol. The number of carbonyl (C=O) groups excluding carboxylic acids is 1. The van der Waals surface area contributed by atoms with Crippen molar-refractivity contribution in [2.24, 2.45) is 0 Å². The van der Waals surface area contributed by atoms with Crippen LogP contribution in [0.5, 0.6) is 0 Å². The normalized spacial score (nSPS) is 22.9. The average molecular weight is 340 g/mol. The number of aromatic nitrogens is 1. The highest BCUT2D eigenvalue weighted by Gasteiger charge is 2.41. The summed E-state index contributed by atoms with van der Waals surface area (Å²) < 4.78 is 23.3. The van der Waals surface area contributed by atoms with Gasteiger partial charge in [-0.05, 0) is 31.4 Å². The van der Waals surface area contributed by atoms with Gasteiger partial charge in [0.25, 0.3) is 5.91 Å². The summed E-state index contributed by atoms with van der Waals surface area (Å²) >= 11 is 0. The molecule has 0 saturated carbocycles. The lowest BCUT2D eigenvalue weighted by atomic mass is 10.1. The summed E-state index contributed by atoms with van der Waals surface area (Å²) in [6.45, 7) is 4.21. The molecule has 0 unspecified atom stereocenters. The molecule has 1 aromatic rings. The molecule has 0 radical (unpaired) electrons. The fraction of sp³-hybridized carbons (Fsp3) is 0.625. The van der Waals surface area contributed by atoms with Crippen LogP contribution in [0.2, 0.25) is 0 Å². The second kappa shape index (κ2) is 7.40. The Kier molecular flexibility index (Phi) is 5.75. The van der Waals surface area contributed by atoms with Crippen molar-refractivity contribution in [3.63, 3.8) is 0 Å². The Balaban J connectivity index is 2.14. The number of aliphatic hydroxyl groups is 1. The van der Waals surface area contributed by atoms with Crippen molar-refractivity contribution >= 4 is 15.7 Å². The van der Waals surface area contributed by atoms with Gasteiger partial charge < -0.3 is 10.0 Å². The van der Waals surface area contributed by atoms with Crippen LogP contribution >= 0.6 is 0 Å². The number of rotatable bonds is 6. The number of aliphatic hydroxyl groups excluding tert-OH is 1. The Morgan fingerprint density at radius 3 is 2.57 bits per heavy atom. The summed E-state index contributed by atoms with van der Waals surface area (Å²) in [5.74, 6) is -0.816. The molecule has 0 aromatic carbocycles. The van der Waals surface area contributed by atoms with E-state index < -0.39 is 22.0 Å². The number of amides is 1. The van der Waals surface area contributed by atoms with Crippen molar-refractivity contribution in [1.29, 1.82) is 0 Å². The molecule has 0 spiro atoms. The minimum Gasteiger partial charge on any atom is -0.390 e.